The Morgan fingerprint density at radius 3 is 2.69 bits per heavy atom. The summed E-state index contributed by atoms with van der Waals surface area (Å²) in [5.74, 6) is -2.38. The zero-order valence-electron chi connectivity index (χ0n) is 14.4. The average Bonchev–Trinajstić information content (AvgIpc) is 3.23. The van der Waals surface area contributed by atoms with E-state index in [4.69, 9.17) is 4.74 Å². The van der Waals surface area contributed by atoms with Gasteiger partial charge in [-0.25, -0.2) is 18.9 Å². The van der Waals surface area contributed by atoms with Crippen molar-refractivity contribution in [1.82, 2.24) is 20.1 Å². The molecule has 1 unspecified atom stereocenters. The Bertz CT molecular complexity index is 843. The van der Waals surface area contributed by atoms with Gasteiger partial charge in [-0.05, 0) is 12.1 Å². The fraction of sp³-hybridized carbons (Fsp3) is 0.412. The normalized spacial score (nSPS) is 19.7. The molecule has 0 spiro atoms. The minimum absolute atomic E-state index is 0.126. The summed E-state index contributed by atoms with van der Waals surface area (Å²) in [6, 6.07) is 6.02. The lowest BCUT2D eigenvalue weighted by Gasteiger charge is -2.22. The minimum Gasteiger partial charge on any atom is -0.479 e. The van der Waals surface area contributed by atoms with Gasteiger partial charge in [0, 0.05) is 18.9 Å². The van der Waals surface area contributed by atoms with Crippen molar-refractivity contribution < 1.29 is 23.8 Å². The number of para-hydroxylation sites is 1. The van der Waals surface area contributed by atoms with E-state index in [-0.39, 0.29) is 37.1 Å². The predicted molar refractivity (Wildman–Crippen MR) is 88.7 cm³/mol. The molecule has 3 rings (SSSR count). The molecule has 1 aromatic heterocycles. The third-order valence-corrected chi connectivity index (χ3v) is 4.22. The third kappa shape index (κ3) is 3.17. The molecule has 2 N–H and O–H groups in total. The Hall–Kier alpha value is -2.81. The van der Waals surface area contributed by atoms with E-state index in [0.29, 0.717) is 5.82 Å². The maximum Gasteiger partial charge on any atom is 0.331 e. The Morgan fingerprint density at radius 1 is 1.38 bits per heavy atom. The van der Waals surface area contributed by atoms with Crippen molar-refractivity contribution in [3.05, 3.63) is 41.7 Å². The second-order valence-corrected chi connectivity index (χ2v) is 6.46. The largest absolute Gasteiger partial charge is 0.479 e. The second-order valence-electron chi connectivity index (χ2n) is 6.46. The van der Waals surface area contributed by atoms with Crippen molar-refractivity contribution in [2.24, 2.45) is 0 Å². The number of amides is 1. The van der Waals surface area contributed by atoms with Crippen LogP contribution >= 0.6 is 0 Å². The van der Waals surface area contributed by atoms with E-state index in [1.165, 1.54) is 16.8 Å². The highest BCUT2D eigenvalue weighted by Crippen LogP contribution is 2.22. The lowest BCUT2D eigenvalue weighted by atomic mass is 9.99. The van der Waals surface area contributed by atoms with E-state index in [1.807, 2.05) is 13.8 Å². The van der Waals surface area contributed by atoms with E-state index in [1.54, 1.807) is 12.1 Å². The first-order valence-corrected chi connectivity index (χ1v) is 8.19. The zero-order chi connectivity index (χ0) is 18.9. The van der Waals surface area contributed by atoms with Gasteiger partial charge in [-0.1, -0.05) is 26.0 Å². The molecular formula is C17H19FN4O4. The van der Waals surface area contributed by atoms with Crippen LogP contribution in [0, 0.1) is 5.82 Å². The van der Waals surface area contributed by atoms with Crippen LogP contribution in [0.3, 0.4) is 0 Å². The maximum atomic E-state index is 14.1. The zero-order valence-corrected chi connectivity index (χ0v) is 14.4. The van der Waals surface area contributed by atoms with Gasteiger partial charge < -0.3 is 15.2 Å². The standard InChI is InChI=1S/C17H19FN4O4/c1-10(2)14-19-13(21-22(14)12-6-4-3-5-11(12)18)15(23)20-17(16(24)25)7-8-26-9-17/h3-6,10H,7-9H2,1-2H3,(H,20,23)(H,24,25). The molecule has 0 saturated carbocycles. The van der Waals surface area contributed by atoms with Crippen molar-refractivity contribution in [2.75, 3.05) is 13.2 Å². The summed E-state index contributed by atoms with van der Waals surface area (Å²) in [7, 11) is 0. The summed E-state index contributed by atoms with van der Waals surface area (Å²) < 4.78 is 20.5. The van der Waals surface area contributed by atoms with Gasteiger partial charge in [-0.3, -0.25) is 4.79 Å². The summed E-state index contributed by atoms with van der Waals surface area (Å²) >= 11 is 0. The van der Waals surface area contributed by atoms with Crippen LogP contribution in [0.5, 0.6) is 0 Å². The number of nitrogens with zero attached hydrogens (tertiary/aromatic N) is 3. The van der Waals surface area contributed by atoms with Gasteiger partial charge in [0.2, 0.25) is 5.82 Å². The highest BCUT2D eigenvalue weighted by atomic mass is 19.1. The van der Waals surface area contributed by atoms with Crippen LogP contribution < -0.4 is 5.32 Å². The van der Waals surface area contributed by atoms with Crippen LogP contribution in [0.4, 0.5) is 4.39 Å². The third-order valence-electron chi connectivity index (χ3n) is 4.22. The van der Waals surface area contributed by atoms with E-state index < -0.39 is 23.2 Å². The molecular weight excluding hydrogens is 343 g/mol. The van der Waals surface area contributed by atoms with Gasteiger partial charge in [0.15, 0.2) is 5.54 Å². The summed E-state index contributed by atoms with van der Waals surface area (Å²) in [5.41, 5.74) is -1.33. The molecule has 1 aromatic carbocycles. The average molecular weight is 362 g/mol. The summed E-state index contributed by atoms with van der Waals surface area (Å²) in [6.45, 7) is 3.79. The number of carboxylic acids is 1. The number of nitrogens with one attached hydrogen (secondary N) is 1. The van der Waals surface area contributed by atoms with Crippen LogP contribution in [-0.4, -0.2) is 50.5 Å². The van der Waals surface area contributed by atoms with E-state index in [2.05, 4.69) is 15.4 Å². The molecule has 1 atom stereocenters. The van der Waals surface area contributed by atoms with Crippen LogP contribution in [0.25, 0.3) is 5.69 Å². The first kappa shape index (κ1) is 18.0. The first-order chi connectivity index (χ1) is 12.3. The Balaban J connectivity index is 1.96. The molecule has 138 valence electrons. The number of rotatable bonds is 5. The highest BCUT2D eigenvalue weighted by Gasteiger charge is 2.44. The second kappa shape index (κ2) is 6.83. The van der Waals surface area contributed by atoms with Crippen LogP contribution in [-0.2, 0) is 9.53 Å². The Morgan fingerprint density at radius 2 is 2.12 bits per heavy atom. The number of hydrogen-bond donors (Lipinski definition) is 2. The molecule has 0 radical (unpaired) electrons. The fourth-order valence-corrected chi connectivity index (χ4v) is 2.75. The van der Waals surface area contributed by atoms with Crippen molar-refractivity contribution in [2.45, 2.75) is 31.7 Å². The molecule has 1 aliphatic heterocycles. The molecule has 0 aliphatic carbocycles. The van der Waals surface area contributed by atoms with E-state index in [9.17, 15) is 19.1 Å². The summed E-state index contributed by atoms with van der Waals surface area (Å²) in [4.78, 5) is 28.3. The molecule has 1 fully saturated rings. The van der Waals surface area contributed by atoms with E-state index in [0.717, 1.165) is 0 Å². The van der Waals surface area contributed by atoms with Crippen molar-refractivity contribution >= 4 is 11.9 Å². The monoisotopic (exact) mass is 362 g/mol. The number of hydrogen-bond acceptors (Lipinski definition) is 5. The number of ether oxygens (including phenoxy) is 1. The maximum absolute atomic E-state index is 14.1. The van der Waals surface area contributed by atoms with Gasteiger partial charge in [-0.15, -0.1) is 5.10 Å². The lowest BCUT2D eigenvalue weighted by Crippen LogP contribution is -2.55. The number of halogens is 1. The molecule has 8 nitrogen and oxygen atoms in total. The van der Waals surface area contributed by atoms with Crippen LogP contribution in [0.2, 0.25) is 0 Å². The molecule has 1 aliphatic rings. The van der Waals surface area contributed by atoms with Gasteiger partial charge in [-0.2, -0.15) is 0 Å². The smallest absolute Gasteiger partial charge is 0.331 e. The highest BCUT2D eigenvalue weighted by molar-refractivity contribution is 5.95. The first-order valence-electron chi connectivity index (χ1n) is 8.19. The van der Waals surface area contributed by atoms with E-state index >= 15 is 0 Å². The Kier molecular flexibility index (Phi) is 4.73. The van der Waals surface area contributed by atoms with Crippen LogP contribution in [0.15, 0.2) is 24.3 Å². The topological polar surface area (TPSA) is 106 Å². The van der Waals surface area contributed by atoms with Crippen molar-refractivity contribution in [3.63, 3.8) is 0 Å². The van der Waals surface area contributed by atoms with Crippen molar-refractivity contribution in [3.8, 4) is 5.69 Å². The Labute approximate surface area is 149 Å². The van der Waals surface area contributed by atoms with Gasteiger partial charge in [0.1, 0.15) is 17.3 Å². The minimum atomic E-state index is -1.50. The summed E-state index contributed by atoms with van der Waals surface area (Å²) in [5, 5.41) is 16.0. The number of carboxylic acid groups (broad SMARTS) is 1. The van der Waals surface area contributed by atoms with Gasteiger partial charge >= 0.3 is 5.97 Å². The number of aromatic nitrogens is 3. The quantitative estimate of drug-likeness (QED) is 0.835. The molecule has 1 amide bonds. The van der Waals surface area contributed by atoms with Crippen LogP contribution in [0.1, 0.15) is 42.6 Å². The summed E-state index contributed by atoms with van der Waals surface area (Å²) in [6.07, 6.45) is 0.152. The fourth-order valence-electron chi connectivity index (χ4n) is 2.75. The number of carbonyl (C=O) groups is 2. The lowest BCUT2D eigenvalue weighted by molar-refractivity contribution is -0.144. The molecule has 9 heteroatoms. The van der Waals surface area contributed by atoms with Crippen molar-refractivity contribution in [1.29, 1.82) is 0 Å². The predicted octanol–water partition coefficient (Wildman–Crippen LogP) is 1.50. The molecule has 2 heterocycles. The van der Waals surface area contributed by atoms with Gasteiger partial charge in [0.25, 0.3) is 5.91 Å². The SMILES string of the molecule is CC(C)c1nc(C(=O)NC2(C(=O)O)CCOC2)nn1-c1ccccc1F. The molecule has 0 bridgehead atoms. The number of benzene rings is 1. The number of aliphatic carboxylic acids is 1. The number of carbonyl (C=O) groups excluding carboxylic acids is 1. The molecule has 1 saturated heterocycles. The van der Waals surface area contributed by atoms with Gasteiger partial charge in [0.05, 0.1) is 6.61 Å². The molecule has 2 aromatic rings. The molecule has 26 heavy (non-hydrogen) atoms.